The van der Waals surface area contributed by atoms with E-state index in [1.807, 2.05) is 18.9 Å². The summed E-state index contributed by atoms with van der Waals surface area (Å²) < 4.78 is 21.9. The highest BCUT2D eigenvalue weighted by Gasteiger charge is 2.17. The number of hydrogen-bond donors (Lipinski definition) is 2. The molecule has 1 aromatic rings. The largest absolute Gasteiger partial charge is 0.382 e. The van der Waals surface area contributed by atoms with Crippen LogP contribution in [0.1, 0.15) is 16.6 Å². The molecule has 3 N–H and O–H groups in total. The van der Waals surface area contributed by atoms with Gasteiger partial charge in [0.2, 0.25) is 0 Å². The molecule has 0 spiro atoms. The van der Waals surface area contributed by atoms with Gasteiger partial charge in [-0.15, -0.1) is 0 Å². The number of anilines is 2. The third-order valence-corrected chi connectivity index (χ3v) is 4.54. The van der Waals surface area contributed by atoms with Gasteiger partial charge in [-0.05, 0) is 6.92 Å². The van der Waals surface area contributed by atoms with Crippen LogP contribution in [0.5, 0.6) is 0 Å². The van der Waals surface area contributed by atoms with Crippen molar-refractivity contribution in [1.82, 2.24) is 10.3 Å². The predicted molar refractivity (Wildman–Crippen MR) is 77.5 cm³/mol. The van der Waals surface area contributed by atoms with Crippen molar-refractivity contribution in [2.75, 3.05) is 42.8 Å². The first-order chi connectivity index (χ1) is 8.74. The summed E-state index contributed by atoms with van der Waals surface area (Å²) in [5.41, 5.74) is 5.69. The number of rotatable bonds is 6. The first kappa shape index (κ1) is 15.7. The molecule has 0 aromatic carbocycles. The van der Waals surface area contributed by atoms with Crippen LogP contribution in [0, 0.1) is 0 Å². The highest BCUT2D eigenvalue weighted by atomic mass is 32.2. The van der Waals surface area contributed by atoms with E-state index in [-0.39, 0.29) is 18.1 Å². The molecule has 0 saturated heterocycles. The van der Waals surface area contributed by atoms with E-state index < -0.39 is 15.7 Å². The second-order valence-electron chi connectivity index (χ2n) is 4.11. The van der Waals surface area contributed by atoms with Crippen LogP contribution in [0.4, 0.5) is 10.9 Å². The van der Waals surface area contributed by atoms with Crippen molar-refractivity contribution in [3.8, 4) is 0 Å². The molecule has 1 amide bonds. The second kappa shape index (κ2) is 6.20. The van der Waals surface area contributed by atoms with Crippen LogP contribution in [0.15, 0.2) is 0 Å². The molecule has 1 rings (SSSR count). The average molecular weight is 306 g/mol. The molecule has 0 aliphatic rings. The van der Waals surface area contributed by atoms with Crippen LogP contribution in [-0.4, -0.2) is 51.5 Å². The number of nitrogens with one attached hydrogen (secondary N) is 1. The molecule has 19 heavy (non-hydrogen) atoms. The maximum atomic E-state index is 11.8. The molecule has 0 saturated carbocycles. The van der Waals surface area contributed by atoms with Gasteiger partial charge in [-0.1, -0.05) is 11.3 Å². The molecule has 9 heteroatoms. The lowest BCUT2D eigenvalue weighted by Gasteiger charge is -2.10. The Kier molecular flexibility index (Phi) is 5.12. The lowest BCUT2D eigenvalue weighted by atomic mass is 10.4. The molecule has 1 aromatic heterocycles. The standard InChI is InChI=1S/C10H18N4O3S2/c1-4-14(2)10-13-8(11)7(18-10)9(15)12-5-6-19(3,16)17/h4-6,11H2,1-3H3,(H,12,15). The number of nitrogens with two attached hydrogens (primary N) is 1. The quantitative estimate of drug-likeness (QED) is 0.764. The van der Waals surface area contributed by atoms with Crippen molar-refractivity contribution in [1.29, 1.82) is 0 Å². The number of amides is 1. The third-order valence-electron chi connectivity index (χ3n) is 2.41. The first-order valence-electron chi connectivity index (χ1n) is 5.68. The zero-order chi connectivity index (χ0) is 14.6. The molecule has 0 atom stereocenters. The summed E-state index contributed by atoms with van der Waals surface area (Å²) in [5, 5.41) is 3.18. The van der Waals surface area contributed by atoms with E-state index in [2.05, 4.69) is 10.3 Å². The molecule has 0 radical (unpaired) electrons. The fourth-order valence-electron chi connectivity index (χ4n) is 1.21. The number of hydrogen-bond acceptors (Lipinski definition) is 7. The van der Waals surface area contributed by atoms with Crippen LogP contribution in [0.3, 0.4) is 0 Å². The highest BCUT2D eigenvalue weighted by Crippen LogP contribution is 2.26. The van der Waals surface area contributed by atoms with E-state index in [0.29, 0.717) is 10.0 Å². The Labute approximate surface area is 116 Å². The van der Waals surface area contributed by atoms with Crippen LogP contribution in [-0.2, 0) is 9.84 Å². The fourth-order valence-corrected chi connectivity index (χ4v) is 2.61. The zero-order valence-electron chi connectivity index (χ0n) is 11.1. The number of carbonyl (C=O) groups excluding carboxylic acids is 1. The van der Waals surface area contributed by atoms with E-state index in [4.69, 9.17) is 5.73 Å². The summed E-state index contributed by atoms with van der Waals surface area (Å²) in [7, 11) is -1.24. The van der Waals surface area contributed by atoms with Crippen LogP contribution in [0.25, 0.3) is 0 Å². The first-order valence-corrected chi connectivity index (χ1v) is 8.55. The minimum Gasteiger partial charge on any atom is -0.382 e. The summed E-state index contributed by atoms with van der Waals surface area (Å²) >= 11 is 1.19. The van der Waals surface area contributed by atoms with Crippen molar-refractivity contribution in [3.05, 3.63) is 4.88 Å². The van der Waals surface area contributed by atoms with Crippen molar-refractivity contribution >= 4 is 38.0 Å². The van der Waals surface area contributed by atoms with E-state index in [9.17, 15) is 13.2 Å². The highest BCUT2D eigenvalue weighted by molar-refractivity contribution is 7.90. The maximum absolute atomic E-state index is 11.8. The van der Waals surface area contributed by atoms with Crippen molar-refractivity contribution in [2.45, 2.75) is 6.92 Å². The van der Waals surface area contributed by atoms with Crippen molar-refractivity contribution in [3.63, 3.8) is 0 Å². The van der Waals surface area contributed by atoms with Gasteiger partial charge < -0.3 is 16.0 Å². The number of thiazole rings is 1. The van der Waals surface area contributed by atoms with Gasteiger partial charge >= 0.3 is 0 Å². The third kappa shape index (κ3) is 4.67. The van der Waals surface area contributed by atoms with Crippen molar-refractivity contribution in [2.24, 2.45) is 0 Å². The Morgan fingerprint density at radius 2 is 2.16 bits per heavy atom. The SMILES string of the molecule is CCN(C)c1nc(N)c(C(=O)NCCS(C)(=O)=O)s1. The minimum atomic E-state index is -3.09. The van der Waals surface area contributed by atoms with Gasteiger partial charge in [0.05, 0.1) is 5.75 Å². The van der Waals surface area contributed by atoms with Gasteiger partial charge in [-0.3, -0.25) is 4.79 Å². The lowest BCUT2D eigenvalue weighted by Crippen LogP contribution is -2.28. The number of sulfone groups is 1. The Morgan fingerprint density at radius 1 is 1.53 bits per heavy atom. The van der Waals surface area contributed by atoms with Crippen LogP contribution in [0.2, 0.25) is 0 Å². The zero-order valence-corrected chi connectivity index (χ0v) is 12.8. The van der Waals surface area contributed by atoms with Gasteiger partial charge in [0.1, 0.15) is 20.5 Å². The smallest absolute Gasteiger partial charge is 0.265 e. The molecule has 0 bridgehead atoms. The normalized spacial score (nSPS) is 11.3. The Balaban J connectivity index is 2.69. The molecule has 0 unspecified atom stereocenters. The molecule has 1 heterocycles. The predicted octanol–water partition coefficient (Wildman–Crippen LogP) is -0.0442. The number of aromatic nitrogens is 1. The molecule has 0 aliphatic carbocycles. The molecule has 0 aliphatic heterocycles. The summed E-state index contributed by atoms with van der Waals surface area (Å²) in [6, 6.07) is 0. The van der Waals surface area contributed by atoms with Crippen molar-refractivity contribution < 1.29 is 13.2 Å². The van der Waals surface area contributed by atoms with E-state index in [1.54, 1.807) is 0 Å². The lowest BCUT2D eigenvalue weighted by molar-refractivity contribution is 0.0961. The van der Waals surface area contributed by atoms with E-state index in [1.165, 1.54) is 11.3 Å². The van der Waals surface area contributed by atoms with Crippen LogP contribution < -0.4 is 16.0 Å². The fraction of sp³-hybridized carbons (Fsp3) is 0.600. The topological polar surface area (TPSA) is 105 Å². The van der Waals surface area contributed by atoms with Crippen LogP contribution >= 0.6 is 11.3 Å². The molecule has 108 valence electrons. The van der Waals surface area contributed by atoms with Gasteiger partial charge in [-0.2, -0.15) is 0 Å². The number of nitrogen functional groups attached to an aromatic ring is 1. The van der Waals surface area contributed by atoms with Gasteiger partial charge in [0.15, 0.2) is 5.13 Å². The number of carbonyl (C=O) groups is 1. The van der Waals surface area contributed by atoms with Gasteiger partial charge in [0.25, 0.3) is 5.91 Å². The monoisotopic (exact) mass is 306 g/mol. The summed E-state index contributed by atoms with van der Waals surface area (Å²) in [4.78, 5) is 18.1. The Bertz CT molecular complexity index is 553. The Hall–Kier alpha value is -1.35. The summed E-state index contributed by atoms with van der Waals surface area (Å²) in [5.74, 6) is -0.328. The minimum absolute atomic E-state index is 0.0634. The maximum Gasteiger partial charge on any atom is 0.265 e. The Morgan fingerprint density at radius 3 is 2.68 bits per heavy atom. The van der Waals surface area contributed by atoms with E-state index in [0.717, 1.165) is 12.8 Å². The molecule has 7 nitrogen and oxygen atoms in total. The number of nitrogens with zero attached hydrogens (tertiary/aromatic N) is 2. The molecular weight excluding hydrogens is 288 g/mol. The molecule has 0 fully saturated rings. The van der Waals surface area contributed by atoms with E-state index >= 15 is 0 Å². The molecular formula is C10H18N4O3S2. The average Bonchev–Trinajstić information content (AvgIpc) is 2.68. The summed E-state index contributed by atoms with van der Waals surface area (Å²) in [6.07, 6.45) is 1.12. The summed E-state index contributed by atoms with van der Waals surface area (Å²) in [6.45, 7) is 2.78. The van der Waals surface area contributed by atoms with Gasteiger partial charge in [-0.25, -0.2) is 13.4 Å². The second-order valence-corrected chi connectivity index (χ2v) is 7.35. The van der Waals surface area contributed by atoms with Gasteiger partial charge in [0, 0.05) is 26.4 Å².